The maximum atomic E-state index is 13.4. The van der Waals surface area contributed by atoms with Gasteiger partial charge >= 0.3 is 6.18 Å². The number of hydrogen-bond acceptors (Lipinski definition) is 8. The summed E-state index contributed by atoms with van der Waals surface area (Å²) in [6, 6.07) is 9.96. The van der Waals surface area contributed by atoms with Crippen molar-refractivity contribution in [1.82, 2.24) is 29.8 Å². The number of nitrogens with zero attached hydrogens (tertiary/aromatic N) is 6. The highest BCUT2D eigenvalue weighted by Gasteiger charge is 2.34. The summed E-state index contributed by atoms with van der Waals surface area (Å²) in [5.74, 6) is 0.550. The van der Waals surface area contributed by atoms with E-state index in [-0.39, 0.29) is 16.4 Å². The molecule has 5 aromatic rings. The standard InChI is InChI=1S/C26H21ClF3N9O2S2/c27-19-12-17-20(13-18(19)26(28,29)30)36-22-21(17)23(34-14-33-22)38-8-10-39(11-9-38)25(42)35-15-2-4-16(5-3-15)43(40,41)37-24-31-6-1-7-32-24/h1-7,12-14H,8-11H2,(H,35,42)(H,31,32,37)(H,33,34,36). The van der Waals surface area contributed by atoms with Crippen molar-refractivity contribution in [3.05, 3.63) is 71.8 Å². The summed E-state index contributed by atoms with van der Waals surface area (Å²) in [5.41, 5.74) is 0.355. The molecule has 43 heavy (non-hydrogen) atoms. The second kappa shape index (κ2) is 11.1. The molecule has 1 aliphatic heterocycles. The van der Waals surface area contributed by atoms with Crippen LogP contribution in [0.3, 0.4) is 0 Å². The van der Waals surface area contributed by atoms with E-state index in [2.05, 4.69) is 35.0 Å². The highest BCUT2D eigenvalue weighted by molar-refractivity contribution is 7.92. The first kappa shape index (κ1) is 28.8. The van der Waals surface area contributed by atoms with Crippen molar-refractivity contribution in [3.8, 4) is 0 Å². The molecule has 0 aliphatic carbocycles. The first-order valence-corrected chi connectivity index (χ1v) is 15.0. The van der Waals surface area contributed by atoms with Gasteiger partial charge in [0.2, 0.25) is 5.95 Å². The number of anilines is 3. The predicted molar refractivity (Wildman–Crippen MR) is 161 cm³/mol. The number of piperazine rings is 1. The number of fused-ring (bicyclic) bond motifs is 3. The van der Waals surface area contributed by atoms with Gasteiger partial charge in [0.15, 0.2) is 5.11 Å². The molecule has 1 fully saturated rings. The molecule has 1 saturated heterocycles. The van der Waals surface area contributed by atoms with Gasteiger partial charge < -0.3 is 20.1 Å². The summed E-state index contributed by atoms with van der Waals surface area (Å²) in [6.45, 7) is 2.12. The molecule has 0 unspecified atom stereocenters. The minimum Gasteiger partial charge on any atom is -0.352 e. The second-order valence-electron chi connectivity index (χ2n) is 9.53. The molecule has 222 valence electrons. The molecule has 11 nitrogen and oxygen atoms in total. The normalized spacial score (nSPS) is 14.3. The quantitative estimate of drug-likeness (QED) is 0.227. The molecule has 0 radical (unpaired) electrons. The molecule has 1 aliphatic rings. The zero-order valence-electron chi connectivity index (χ0n) is 21.9. The molecule has 2 aromatic carbocycles. The van der Waals surface area contributed by atoms with Gasteiger partial charge in [-0.3, -0.25) is 0 Å². The van der Waals surface area contributed by atoms with Gasteiger partial charge in [0.25, 0.3) is 10.0 Å². The van der Waals surface area contributed by atoms with Crippen molar-refractivity contribution in [2.24, 2.45) is 0 Å². The van der Waals surface area contributed by atoms with E-state index in [0.29, 0.717) is 59.2 Å². The van der Waals surface area contributed by atoms with Gasteiger partial charge in [-0.15, -0.1) is 0 Å². The van der Waals surface area contributed by atoms with Gasteiger partial charge in [0, 0.05) is 55.2 Å². The Hall–Kier alpha value is -4.28. The minimum atomic E-state index is -4.59. The minimum absolute atomic E-state index is 0.0307. The molecule has 0 saturated carbocycles. The SMILES string of the molecule is O=S(=O)(Nc1ncccn1)c1ccc(NC(=S)N2CCN(c3ncnc4[nH]c5cc(C(F)(F)F)c(Cl)cc5c34)CC2)cc1. The summed E-state index contributed by atoms with van der Waals surface area (Å²) in [5, 5.41) is 4.28. The molecule has 3 aromatic heterocycles. The molecule has 0 amide bonds. The monoisotopic (exact) mass is 647 g/mol. The molecule has 4 heterocycles. The maximum Gasteiger partial charge on any atom is 0.417 e. The van der Waals surface area contributed by atoms with Crippen molar-refractivity contribution < 1.29 is 21.6 Å². The average molecular weight is 648 g/mol. The van der Waals surface area contributed by atoms with Crippen LogP contribution >= 0.6 is 23.8 Å². The third kappa shape index (κ3) is 5.85. The van der Waals surface area contributed by atoms with Crippen molar-refractivity contribution in [1.29, 1.82) is 0 Å². The zero-order chi connectivity index (χ0) is 30.4. The Labute approximate surface area is 253 Å². The Bertz CT molecular complexity index is 1930. The summed E-state index contributed by atoms with van der Waals surface area (Å²) in [6.07, 6.45) is -0.360. The van der Waals surface area contributed by atoms with Gasteiger partial charge in [-0.1, -0.05) is 11.6 Å². The molecule has 3 N–H and O–H groups in total. The lowest BCUT2D eigenvalue weighted by Crippen LogP contribution is -2.50. The van der Waals surface area contributed by atoms with E-state index in [1.54, 1.807) is 18.2 Å². The Kier molecular flexibility index (Phi) is 7.43. The van der Waals surface area contributed by atoms with Crippen LogP contribution in [0, 0.1) is 0 Å². The van der Waals surface area contributed by atoms with Crippen molar-refractivity contribution >= 4 is 78.3 Å². The largest absolute Gasteiger partial charge is 0.417 e. The van der Waals surface area contributed by atoms with Gasteiger partial charge in [0.05, 0.1) is 20.9 Å². The van der Waals surface area contributed by atoms with Gasteiger partial charge in [-0.05, 0) is 54.7 Å². The first-order chi connectivity index (χ1) is 20.5. The fourth-order valence-electron chi connectivity index (χ4n) is 4.76. The molecule has 0 atom stereocenters. The number of alkyl halides is 3. The predicted octanol–water partition coefficient (Wildman–Crippen LogP) is 4.89. The Balaban J connectivity index is 1.13. The van der Waals surface area contributed by atoms with E-state index in [1.807, 2.05) is 9.80 Å². The smallest absolute Gasteiger partial charge is 0.352 e. The summed E-state index contributed by atoms with van der Waals surface area (Å²) in [4.78, 5) is 23.4. The van der Waals surface area contributed by atoms with Crippen LogP contribution < -0.4 is 14.9 Å². The molecule has 0 bridgehead atoms. The van der Waals surface area contributed by atoms with Gasteiger partial charge in [-0.25, -0.2) is 33.1 Å². The van der Waals surface area contributed by atoms with E-state index in [0.717, 1.165) is 6.07 Å². The van der Waals surface area contributed by atoms with Crippen LogP contribution in [0.2, 0.25) is 5.02 Å². The lowest BCUT2D eigenvalue weighted by molar-refractivity contribution is -0.137. The van der Waals surface area contributed by atoms with Crippen LogP contribution in [-0.4, -0.2) is 69.5 Å². The molecular formula is C26H21ClF3N9O2S2. The Morgan fingerprint density at radius 2 is 1.70 bits per heavy atom. The average Bonchev–Trinajstić information content (AvgIpc) is 3.34. The van der Waals surface area contributed by atoms with Crippen molar-refractivity contribution in [3.63, 3.8) is 0 Å². The van der Waals surface area contributed by atoms with Crippen LogP contribution in [0.1, 0.15) is 5.56 Å². The highest BCUT2D eigenvalue weighted by Crippen LogP contribution is 2.40. The number of rotatable bonds is 5. The third-order valence-electron chi connectivity index (χ3n) is 6.84. The van der Waals surface area contributed by atoms with Crippen LogP contribution in [0.5, 0.6) is 0 Å². The highest BCUT2D eigenvalue weighted by atomic mass is 35.5. The van der Waals surface area contributed by atoms with Crippen molar-refractivity contribution in [2.75, 3.05) is 41.1 Å². The van der Waals surface area contributed by atoms with E-state index in [1.165, 1.54) is 36.9 Å². The van der Waals surface area contributed by atoms with Gasteiger partial charge in [0.1, 0.15) is 17.8 Å². The fourth-order valence-corrected chi connectivity index (χ4v) is 6.29. The topological polar surface area (TPSA) is 132 Å². The number of halogens is 4. The number of benzene rings is 2. The summed E-state index contributed by atoms with van der Waals surface area (Å²) < 4.78 is 67.8. The first-order valence-electron chi connectivity index (χ1n) is 12.7. The Morgan fingerprint density at radius 3 is 2.37 bits per heavy atom. The van der Waals surface area contributed by atoms with E-state index in [4.69, 9.17) is 23.8 Å². The number of H-pyrrole nitrogens is 1. The van der Waals surface area contributed by atoms with E-state index < -0.39 is 26.8 Å². The number of aromatic amines is 1. The second-order valence-corrected chi connectivity index (χ2v) is 12.0. The number of nitrogens with one attached hydrogen (secondary N) is 3. The van der Waals surface area contributed by atoms with E-state index >= 15 is 0 Å². The lowest BCUT2D eigenvalue weighted by atomic mass is 10.1. The van der Waals surface area contributed by atoms with Crippen molar-refractivity contribution in [2.45, 2.75) is 11.1 Å². The number of thiocarbonyl (C=S) groups is 1. The van der Waals surface area contributed by atoms with Crippen LogP contribution in [-0.2, 0) is 16.2 Å². The summed E-state index contributed by atoms with van der Waals surface area (Å²) >= 11 is 11.6. The Morgan fingerprint density at radius 1 is 1.00 bits per heavy atom. The van der Waals surface area contributed by atoms with Crippen LogP contribution in [0.4, 0.5) is 30.6 Å². The van der Waals surface area contributed by atoms with Crippen LogP contribution in [0.25, 0.3) is 21.9 Å². The molecular weight excluding hydrogens is 627 g/mol. The number of hydrogen-bond donors (Lipinski definition) is 3. The maximum absolute atomic E-state index is 13.4. The van der Waals surface area contributed by atoms with Gasteiger partial charge in [-0.2, -0.15) is 13.2 Å². The molecule has 17 heteroatoms. The number of sulfonamides is 1. The molecule has 6 rings (SSSR count). The number of aromatic nitrogens is 5. The molecule has 0 spiro atoms. The van der Waals surface area contributed by atoms with Crippen LogP contribution in [0.15, 0.2) is 66.1 Å². The van der Waals surface area contributed by atoms with E-state index in [9.17, 15) is 21.6 Å². The summed E-state index contributed by atoms with van der Waals surface area (Å²) in [7, 11) is -3.87. The fraction of sp³-hybridized carbons (Fsp3) is 0.192. The zero-order valence-corrected chi connectivity index (χ0v) is 24.3. The lowest BCUT2D eigenvalue weighted by Gasteiger charge is -2.37. The third-order valence-corrected chi connectivity index (χ3v) is 8.85.